The van der Waals surface area contributed by atoms with Crippen LogP contribution in [0.15, 0.2) is 0 Å². The highest BCUT2D eigenvalue weighted by Crippen LogP contribution is 2.42. The van der Waals surface area contributed by atoms with E-state index >= 15 is 0 Å². The van der Waals surface area contributed by atoms with Gasteiger partial charge in [-0.25, -0.2) is 0 Å². The van der Waals surface area contributed by atoms with Gasteiger partial charge >= 0.3 is 0 Å². The Morgan fingerprint density at radius 2 is 2.05 bits per heavy atom. The van der Waals surface area contributed by atoms with Crippen molar-refractivity contribution in [3.8, 4) is 0 Å². The van der Waals surface area contributed by atoms with Gasteiger partial charge in [0.1, 0.15) is 0 Å². The lowest BCUT2D eigenvalue weighted by Crippen LogP contribution is -2.60. The smallest absolute Gasteiger partial charge is 0.0359 e. The maximum Gasteiger partial charge on any atom is 0.0359 e. The third kappa shape index (κ3) is 3.20. The van der Waals surface area contributed by atoms with Crippen LogP contribution >= 0.6 is 0 Å². The van der Waals surface area contributed by atoms with Crippen LogP contribution in [-0.4, -0.2) is 55.6 Å². The maximum absolute atomic E-state index is 6.32. The molecule has 118 valence electrons. The average molecular weight is 281 g/mol. The van der Waals surface area contributed by atoms with Gasteiger partial charge in [0.05, 0.1) is 0 Å². The van der Waals surface area contributed by atoms with Gasteiger partial charge in [-0.15, -0.1) is 0 Å². The molecule has 0 amide bonds. The molecule has 2 aliphatic rings. The van der Waals surface area contributed by atoms with Crippen LogP contribution < -0.4 is 5.73 Å². The predicted molar refractivity (Wildman–Crippen MR) is 86.8 cm³/mol. The summed E-state index contributed by atoms with van der Waals surface area (Å²) in [4.78, 5) is 5.12. The number of hydrogen-bond donors (Lipinski definition) is 1. The molecule has 2 rings (SSSR count). The fraction of sp³-hybridized carbons (Fsp3) is 1.00. The van der Waals surface area contributed by atoms with Gasteiger partial charge in [-0.3, -0.25) is 4.90 Å². The van der Waals surface area contributed by atoms with Crippen LogP contribution in [0, 0.1) is 17.8 Å². The largest absolute Gasteiger partial charge is 0.329 e. The fourth-order valence-electron chi connectivity index (χ4n) is 4.83. The van der Waals surface area contributed by atoms with Gasteiger partial charge in [-0.05, 0) is 57.7 Å². The summed E-state index contributed by atoms with van der Waals surface area (Å²) in [5.41, 5.74) is 6.57. The highest BCUT2D eigenvalue weighted by molar-refractivity contribution is 5.00. The summed E-state index contributed by atoms with van der Waals surface area (Å²) in [6, 6.07) is 0. The normalized spacial score (nSPS) is 36.1. The molecule has 1 aliphatic carbocycles. The lowest BCUT2D eigenvalue weighted by molar-refractivity contribution is -0.00456. The molecule has 1 saturated heterocycles. The Balaban J connectivity index is 2.07. The van der Waals surface area contributed by atoms with Crippen molar-refractivity contribution in [1.82, 2.24) is 9.80 Å². The molecular weight excluding hydrogens is 246 g/mol. The minimum Gasteiger partial charge on any atom is -0.329 e. The van der Waals surface area contributed by atoms with Crippen LogP contribution in [0.3, 0.4) is 0 Å². The van der Waals surface area contributed by atoms with Gasteiger partial charge in [0.15, 0.2) is 0 Å². The Hall–Kier alpha value is -0.120. The quantitative estimate of drug-likeness (QED) is 0.840. The molecule has 0 aromatic heterocycles. The van der Waals surface area contributed by atoms with Crippen LogP contribution in [0.5, 0.6) is 0 Å². The lowest BCUT2D eigenvalue weighted by Gasteiger charge is -2.52. The standard InChI is InChI=1S/C17H35N3/c1-14(2)16-7-5-6-9-17(16,13-18)20(4)12-15-8-10-19(3)11-15/h14-16H,5-13,18H2,1-4H3. The molecule has 2 N–H and O–H groups in total. The summed E-state index contributed by atoms with van der Waals surface area (Å²) in [6.07, 6.45) is 6.77. The molecule has 2 fully saturated rings. The number of nitrogens with two attached hydrogens (primary N) is 1. The molecule has 1 aliphatic heterocycles. The summed E-state index contributed by atoms with van der Waals surface area (Å²) in [6.45, 7) is 9.36. The van der Waals surface area contributed by atoms with E-state index < -0.39 is 0 Å². The molecule has 3 atom stereocenters. The number of hydrogen-bond acceptors (Lipinski definition) is 3. The highest BCUT2D eigenvalue weighted by Gasteiger charge is 2.44. The van der Waals surface area contributed by atoms with Gasteiger partial charge in [-0.1, -0.05) is 26.7 Å². The summed E-state index contributed by atoms with van der Waals surface area (Å²) in [7, 11) is 4.59. The van der Waals surface area contributed by atoms with E-state index in [-0.39, 0.29) is 5.54 Å². The molecule has 3 heteroatoms. The average Bonchev–Trinajstić information content (AvgIpc) is 2.83. The summed E-state index contributed by atoms with van der Waals surface area (Å²) < 4.78 is 0. The van der Waals surface area contributed by atoms with E-state index in [1.807, 2.05) is 0 Å². The summed E-state index contributed by atoms with van der Waals surface area (Å²) in [5.74, 6) is 2.35. The van der Waals surface area contributed by atoms with E-state index in [0.29, 0.717) is 0 Å². The second-order valence-electron chi connectivity index (χ2n) is 7.70. The molecule has 0 radical (unpaired) electrons. The maximum atomic E-state index is 6.32. The Kier molecular flexibility index (Phi) is 5.49. The van der Waals surface area contributed by atoms with Gasteiger partial charge in [0.2, 0.25) is 0 Å². The molecule has 0 bridgehead atoms. The van der Waals surface area contributed by atoms with E-state index in [1.54, 1.807) is 0 Å². The van der Waals surface area contributed by atoms with Crippen LogP contribution in [0.25, 0.3) is 0 Å². The third-order valence-corrected chi connectivity index (χ3v) is 6.00. The van der Waals surface area contributed by atoms with E-state index in [1.165, 1.54) is 51.7 Å². The molecule has 1 saturated carbocycles. The van der Waals surface area contributed by atoms with E-state index in [2.05, 4.69) is 37.7 Å². The number of likely N-dealkylation sites (N-methyl/N-ethyl adjacent to an activating group) is 1. The van der Waals surface area contributed by atoms with Gasteiger partial charge in [0, 0.05) is 25.2 Å². The first-order valence-corrected chi connectivity index (χ1v) is 8.59. The zero-order chi connectivity index (χ0) is 14.8. The Bertz CT molecular complexity index is 305. The van der Waals surface area contributed by atoms with Crippen molar-refractivity contribution in [3.63, 3.8) is 0 Å². The summed E-state index contributed by atoms with van der Waals surface area (Å²) >= 11 is 0. The molecule has 20 heavy (non-hydrogen) atoms. The first-order chi connectivity index (χ1) is 9.49. The highest BCUT2D eigenvalue weighted by atomic mass is 15.2. The third-order valence-electron chi connectivity index (χ3n) is 6.00. The minimum atomic E-state index is 0.258. The predicted octanol–water partition coefficient (Wildman–Crippen LogP) is 2.41. The first kappa shape index (κ1) is 16.3. The van der Waals surface area contributed by atoms with Crippen molar-refractivity contribution >= 4 is 0 Å². The van der Waals surface area contributed by atoms with E-state index in [9.17, 15) is 0 Å². The van der Waals surface area contributed by atoms with Gasteiger partial charge in [0.25, 0.3) is 0 Å². The first-order valence-electron chi connectivity index (χ1n) is 8.59. The second-order valence-corrected chi connectivity index (χ2v) is 7.70. The van der Waals surface area contributed by atoms with Crippen LogP contribution in [0.1, 0.15) is 46.0 Å². The minimum absolute atomic E-state index is 0.258. The molecule has 0 aromatic carbocycles. The molecule has 3 nitrogen and oxygen atoms in total. The van der Waals surface area contributed by atoms with Gasteiger partial charge < -0.3 is 10.6 Å². The van der Waals surface area contributed by atoms with Crippen LogP contribution in [0.2, 0.25) is 0 Å². The number of nitrogens with zero attached hydrogens (tertiary/aromatic N) is 2. The van der Waals surface area contributed by atoms with Gasteiger partial charge in [-0.2, -0.15) is 0 Å². The van der Waals surface area contributed by atoms with Crippen molar-refractivity contribution in [2.45, 2.75) is 51.5 Å². The second kappa shape index (κ2) is 6.76. The number of rotatable bonds is 5. The topological polar surface area (TPSA) is 32.5 Å². The fourth-order valence-corrected chi connectivity index (χ4v) is 4.83. The van der Waals surface area contributed by atoms with Crippen molar-refractivity contribution in [2.75, 3.05) is 40.3 Å². The van der Waals surface area contributed by atoms with E-state index in [4.69, 9.17) is 5.73 Å². The molecule has 0 aromatic rings. The van der Waals surface area contributed by atoms with Crippen LogP contribution in [-0.2, 0) is 0 Å². The molecule has 1 heterocycles. The van der Waals surface area contributed by atoms with Crippen molar-refractivity contribution < 1.29 is 0 Å². The Labute approximate surface area is 125 Å². The number of likely N-dealkylation sites (tertiary alicyclic amines) is 1. The lowest BCUT2D eigenvalue weighted by atomic mass is 9.67. The van der Waals surface area contributed by atoms with Crippen molar-refractivity contribution in [2.24, 2.45) is 23.5 Å². The van der Waals surface area contributed by atoms with Crippen molar-refractivity contribution in [3.05, 3.63) is 0 Å². The van der Waals surface area contributed by atoms with E-state index in [0.717, 1.165) is 24.3 Å². The Morgan fingerprint density at radius 3 is 2.60 bits per heavy atom. The Morgan fingerprint density at radius 1 is 1.30 bits per heavy atom. The zero-order valence-corrected chi connectivity index (χ0v) is 14.1. The molecule has 0 spiro atoms. The SMILES string of the molecule is CC(C)C1CCCCC1(CN)N(C)CC1CCN(C)C1. The van der Waals surface area contributed by atoms with Crippen molar-refractivity contribution in [1.29, 1.82) is 0 Å². The zero-order valence-electron chi connectivity index (χ0n) is 14.1. The summed E-state index contributed by atoms with van der Waals surface area (Å²) in [5, 5.41) is 0. The molecular formula is C17H35N3. The molecule has 3 unspecified atom stereocenters. The van der Waals surface area contributed by atoms with Crippen LogP contribution in [0.4, 0.5) is 0 Å². The monoisotopic (exact) mass is 281 g/mol.